The van der Waals surface area contributed by atoms with E-state index in [9.17, 15) is 0 Å². The van der Waals surface area contributed by atoms with Crippen LogP contribution in [0.3, 0.4) is 0 Å². The van der Waals surface area contributed by atoms with Crippen molar-refractivity contribution in [3.8, 4) is 0 Å². The number of likely N-dealkylation sites (tertiary alicyclic amines) is 1. The van der Waals surface area contributed by atoms with Gasteiger partial charge in [-0.25, -0.2) is 0 Å². The topological polar surface area (TPSA) is 15.7 Å². The molecule has 3 heteroatoms. The van der Waals surface area contributed by atoms with E-state index in [1.54, 1.807) is 0 Å². The second-order valence-corrected chi connectivity index (χ2v) is 5.71. The summed E-state index contributed by atoms with van der Waals surface area (Å²) in [5.41, 5.74) is 0.537. The molecule has 1 spiro atoms. The highest BCUT2D eigenvalue weighted by Gasteiger charge is 2.40. The van der Waals surface area contributed by atoms with E-state index in [4.69, 9.17) is 4.74 Å². The Morgan fingerprint density at radius 2 is 2.06 bits per heavy atom. The van der Waals surface area contributed by atoms with Crippen LogP contribution in [0, 0.1) is 5.41 Å². The first-order valence-electron chi connectivity index (χ1n) is 7.30. The van der Waals surface area contributed by atoms with E-state index in [1.165, 1.54) is 58.5 Å². The average Bonchev–Trinajstić information content (AvgIpc) is 2.96. The summed E-state index contributed by atoms with van der Waals surface area (Å²) >= 11 is 0. The third kappa shape index (κ3) is 3.43. The van der Waals surface area contributed by atoms with E-state index in [-0.39, 0.29) is 0 Å². The molecule has 0 aliphatic carbocycles. The minimum Gasteiger partial charge on any atom is -0.381 e. The zero-order valence-electron chi connectivity index (χ0n) is 11.6. The summed E-state index contributed by atoms with van der Waals surface area (Å²) in [4.78, 5) is 5.17. The van der Waals surface area contributed by atoms with Gasteiger partial charge in [-0.2, -0.15) is 0 Å². The lowest BCUT2D eigenvalue weighted by atomic mass is 9.87. The van der Waals surface area contributed by atoms with Crippen molar-refractivity contribution in [3.05, 3.63) is 0 Å². The van der Waals surface area contributed by atoms with Crippen molar-refractivity contribution in [1.82, 2.24) is 9.80 Å². The van der Waals surface area contributed by atoms with E-state index in [2.05, 4.69) is 23.6 Å². The molecule has 0 aromatic heterocycles. The maximum Gasteiger partial charge on any atom is 0.0536 e. The van der Waals surface area contributed by atoms with Gasteiger partial charge >= 0.3 is 0 Å². The molecule has 0 saturated carbocycles. The second-order valence-electron chi connectivity index (χ2n) is 5.71. The maximum absolute atomic E-state index is 5.57. The van der Waals surface area contributed by atoms with Crippen LogP contribution in [0.25, 0.3) is 0 Å². The van der Waals surface area contributed by atoms with Gasteiger partial charge in [0, 0.05) is 18.6 Å². The standard InChI is InChI=1S/C14H28N2O/c1-3-15(4-2)8-5-9-16-10-6-14(12-16)7-11-17-13-14/h3-13H2,1-2H3/t14-/m1/s1. The first kappa shape index (κ1) is 13.3. The van der Waals surface area contributed by atoms with E-state index < -0.39 is 0 Å². The molecule has 0 aromatic rings. The van der Waals surface area contributed by atoms with Crippen LogP contribution in [-0.4, -0.2) is 62.3 Å². The lowest BCUT2D eigenvalue weighted by Crippen LogP contribution is -2.31. The molecule has 100 valence electrons. The highest BCUT2D eigenvalue weighted by molar-refractivity contribution is 4.92. The normalized spacial score (nSPS) is 29.8. The molecule has 3 nitrogen and oxygen atoms in total. The molecule has 2 aliphatic heterocycles. The third-order valence-corrected chi connectivity index (χ3v) is 4.55. The molecule has 17 heavy (non-hydrogen) atoms. The molecule has 0 unspecified atom stereocenters. The molecule has 2 aliphatic rings. The Morgan fingerprint density at radius 1 is 1.24 bits per heavy atom. The first-order chi connectivity index (χ1) is 8.28. The van der Waals surface area contributed by atoms with Crippen molar-refractivity contribution in [2.24, 2.45) is 5.41 Å². The van der Waals surface area contributed by atoms with Crippen molar-refractivity contribution >= 4 is 0 Å². The maximum atomic E-state index is 5.57. The van der Waals surface area contributed by atoms with Gasteiger partial charge in [0.25, 0.3) is 0 Å². The van der Waals surface area contributed by atoms with Crippen LogP contribution in [0.2, 0.25) is 0 Å². The van der Waals surface area contributed by atoms with Gasteiger partial charge in [0.05, 0.1) is 6.61 Å². The summed E-state index contributed by atoms with van der Waals surface area (Å²) in [6, 6.07) is 0. The van der Waals surface area contributed by atoms with Crippen LogP contribution >= 0.6 is 0 Å². The SMILES string of the molecule is CCN(CC)CCCN1CC[C@@]2(CCOC2)C1. The smallest absolute Gasteiger partial charge is 0.0536 e. The van der Waals surface area contributed by atoms with Gasteiger partial charge in [0.15, 0.2) is 0 Å². The molecule has 0 amide bonds. The van der Waals surface area contributed by atoms with Gasteiger partial charge in [-0.1, -0.05) is 13.8 Å². The summed E-state index contributed by atoms with van der Waals surface area (Å²) in [5, 5.41) is 0. The Morgan fingerprint density at radius 3 is 2.71 bits per heavy atom. The third-order valence-electron chi connectivity index (χ3n) is 4.55. The van der Waals surface area contributed by atoms with Crippen LogP contribution in [0.5, 0.6) is 0 Å². The van der Waals surface area contributed by atoms with Gasteiger partial charge in [-0.05, 0) is 52.0 Å². The molecule has 2 fully saturated rings. The summed E-state index contributed by atoms with van der Waals surface area (Å²) in [6.45, 7) is 14.0. The monoisotopic (exact) mass is 240 g/mol. The quantitative estimate of drug-likeness (QED) is 0.704. The predicted octanol–water partition coefficient (Wildman–Crippen LogP) is 1.83. The number of hydrogen-bond donors (Lipinski definition) is 0. The van der Waals surface area contributed by atoms with E-state index in [0.717, 1.165) is 13.2 Å². The van der Waals surface area contributed by atoms with Gasteiger partial charge in [-0.15, -0.1) is 0 Å². The largest absolute Gasteiger partial charge is 0.381 e. The molecular formula is C14H28N2O. The zero-order valence-corrected chi connectivity index (χ0v) is 11.6. The van der Waals surface area contributed by atoms with Crippen molar-refractivity contribution in [1.29, 1.82) is 0 Å². The minimum absolute atomic E-state index is 0.537. The van der Waals surface area contributed by atoms with Crippen molar-refractivity contribution in [2.45, 2.75) is 33.1 Å². The van der Waals surface area contributed by atoms with E-state index in [0.29, 0.717) is 5.41 Å². The summed E-state index contributed by atoms with van der Waals surface area (Å²) in [5.74, 6) is 0. The van der Waals surface area contributed by atoms with Crippen LogP contribution in [0.4, 0.5) is 0 Å². The molecule has 0 aromatic carbocycles. The van der Waals surface area contributed by atoms with Gasteiger partial charge < -0.3 is 14.5 Å². The molecular weight excluding hydrogens is 212 g/mol. The second kappa shape index (κ2) is 6.17. The van der Waals surface area contributed by atoms with Crippen molar-refractivity contribution < 1.29 is 4.74 Å². The highest BCUT2D eigenvalue weighted by Crippen LogP contribution is 2.37. The molecule has 2 saturated heterocycles. The van der Waals surface area contributed by atoms with Gasteiger partial charge in [-0.3, -0.25) is 0 Å². The number of nitrogens with zero attached hydrogens (tertiary/aromatic N) is 2. The molecule has 2 rings (SSSR count). The zero-order chi connectivity index (χ0) is 12.1. The fraction of sp³-hybridized carbons (Fsp3) is 1.00. The highest BCUT2D eigenvalue weighted by atomic mass is 16.5. The van der Waals surface area contributed by atoms with Crippen LogP contribution in [-0.2, 0) is 4.74 Å². The molecule has 1 atom stereocenters. The summed E-state index contributed by atoms with van der Waals surface area (Å²) < 4.78 is 5.57. The van der Waals surface area contributed by atoms with Crippen molar-refractivity contribution in [3.63, 3.8) is 0 Å². The van der Waals surface area contributed by atoms with Crippen LogP contribution in [0.1, 0.15) is 33.1 Å². The molecule has 0 N–H and O–H groups in total. The number of hydrogen-bond acceptors (Lipinski definition) is 3. The Balaban J connectivity index is 1.64. The Kier molecular flexibility index (Phi) is 4.83. The number of rotatable bonds is 6. The first-order valence-corrected chi connectivity index (χ1v) is 7.30. The summed E-state index contributed by atoms with van der Waals surface area (Å²) in [6.07, 6.45) is 3.97. The van der Waals surface area contributed by atoms with Crippen LogP contribution < -0.4 is 0 Å². The van der Waals surface area contributed by atoms with Gasteiger partial charge in [0.1, 0.15) is 0 Å². The average molecular weight is 240 g/mol. The fourth-order valence-corrected chi connectivity index (χ4v) is 3.25. The molecule has 0 bridgehead atoms. The van der Waals surface area contributed by atoms with E-state index >= 15 is 0 Å². The predicted molar refractivity (Wildman–Crippen MR) is 71.3 cm³/mol. The molecule has 0 radical (unpaired) electrons. The van der Waals surface area contributed by atoms with E-state index in [1.807, 2.05) is 0 Å². The Labute approximate surface area is 106 Å². The number of ether oxygens (including phenoxy) is 1. The lowest BCUT2D eigenvalue weighted by molar-refractivity contribution is 0.151. The Hall–Kier alpha value is -0.120. The van der Waals surface area contributed by atoms with Crippen molar-refractivity contribution in [2.75, 3.05) is 52.5 Å². The molecule has 2 heterocycles. The van der Waals surface area contributed by atoms with Gasteiger partial charge in [0.2, 0.25) is 0 Å². The summed E-state index contributed by atoms with van der Waals surface area (Å²) in [7, 11) is 0. The van der Waals surface area contributed by atoms with Crippen LogP contribution in [0.15, 0.2) is 0 Å². The minimum atomic E-state index is 0.537. The fourth-order valence-electron chi connectivity index (χ4n) is 3.25. The lowest BCUT2D eigenvalue weighted by Gasteiger charge is -2.23. The Bertz CT molecular complexity index is 222.